The molecule has 0 bridgehead atoms. The summed E-state index contributed by atoms with van der Waals surface area (Å²) in [5, 5.41) is 3.62. The zero-order valence-electron chi connectivity index (χ0n) is 11.4. The van der Waals surface area contributed by atoms with Crippen LogP contribution in [0.4, 0.5) is 0 Å². The van der Waals surface area contributed by atoms with Crippen molar-refractivity contribution in [2.45, 2.75) is 32.1 Å². The van der Waals surface area contributed by atoms with Crippen LogP contribution < -0.4 is 10.1 Å². The highest BCUT2D eigenvalue weighted by Crippen LogP contribution is 2.17. The first kappa shape index (κ1) is 15.2. The Bertz CT molecular complexity index is 382. The molecular weight excluding hydrogens is 246 g/mol. The van der Waals surface area contributed by atoms with Crippen LogP contribution in [0, 0.1) is 0 Å². The zero-order valence-corrected chi connectivity index (χ0v) is 12.3. The van der Waals surface area contributed by atoms with Gasteiger partial charge in [0.05, 0.1) is 6.61 Å². The maximum atomic E-state index is 11.2. The van der Waals surface area contributed by atoms with E-state index >= 15 is 0 Å². The first-order valence-electron chi connectivity index (χ1n) is 6.38. The standard InChI is InChI=1S/C14H23NO2S/c1-4-17-14-8-6-5-7-13(14)11-15-10-9-12(2)18(3)16/h5-8,12,15H,4,9-11H2,1-3H3. The number of nitrogens with one attached hydrogen (secondary N) is 1. The molecule has 1 N–H and O–H groups in total. The molecule has 1 rings (SSSR count). The molecule has 18 heavy (non-hydrogen) atoms. The highest BCUT2D eigenvalue weighted by atomic mass is 32.2. The third-order valence-electron chi connectivity index (χ3n) is 2.88. The van der Waals surface area contributed by atoms with Crippen LogP contribution in [-0.2, 0) is 17.3 Å². The molecule has 0 saturated heterocycles. The predicted octanol–water partition coefficient (Wildman–Crippen LogP) is 2.33. The van der Waals surface area contributed by atoms with Gasteiger partial charge >= 0.3 is 0 Å². The van der Waals surface area contributed by atoms with Crippen molar-refractivity contribution in [3.8, 4) is 5.75 Å². The molecular formula is C14H23NO2S. The largest absolute Gasteiger partial charge is 0.494 e. The van der Waals surface area contributed by atoms with Gasteiger partial charge in [-0.2, -0.15) is 0 Å². The number of ether oxygens (including phenoxy) is 1. The van der Waals surface area contributed by atoms with E-state index in [1.807, 2.05) is 32.0 Å². The predicted molar refractivity (Wildman–Crippen MR) is 77.5 cm³/mol. The van der Waals surface area contributed by atoms with Crippen molar-refractivity contribution >= 4 is 10.8 Å². The number of benzene rings is 1. The van der Waals surface area contributed by atoms with Crippen LogP contribution in [0.15, 0.2) is 24.3 Å². The Kier molecular flexibility index (Phi) is 6.98. The summed E-state index contributed by atoms with van der Waals surface area (Å²) in [6.07, 6.45) is 2.69. The average Bonchev–Trinajstić information content (AvgIpc) is 2.36. The van der Waals surface area contributed by atoms with Crippen LogP contribution in [0.25, 0.3) is 0 Å². The topological polar surface area (TPSA) is 38.3 Å². The molecule has 102 valence electrons. The fourth-order valence-electron chi connectivity index (χ4n) is 1.64. The van der Waals surface area contributed by atoms with Crippen molar-refractivity contribution in [1.29, 1.82) is 0 Å². The molecule has 0 heterocycles. The van der Waals surface area contributed by atoms with Crippen LogP contribution in [0.1, 0.15) is 25.8 Å². The SMILES string of the molecule is CCOc1ccccc1CNCCC(C)S(C)=O. The summed E-state index contributed by atoms with van der Waals surface area (Å²) in [7, 11) is -0.730. The maximum Gasteiger partial charge on any atom is 0.123 e. The van der Waals surface area contributed by atoms with Crippen molar-refractivity contribution in [3.05, 3.63) is 29.8 Å². The van der Waals surface area contributed by atoms with E-state index in [0.717, 1.165) is 25.3 Å². The average molecular weight is 269 g/mol. The second kappa shape index (κ2) is 8.27. The molecule has 1 aromatic rings. The Morgan fingerprint density at radius 1 is 1.39 bits per heavy atom. The van der Waals surface area contributed by atoms with Crippen molar-refractivity contribution in [2.75, 3.05) is 19.4 Å². The van der Waals surface area contributed by atoms with Crippen LogP contribution >= 0.6 is 0 Å². The molecule has 0 spiro atoms. The van der Waals surface area contributed by atoms with Gasteiger partial charge in [-0.05, 0) is 26.0 Å². The van der Waals surface area contributed by atoms with Gasteiger partial charge in [-0.25, -0.2) is 0 Å². The minimum Gasteiger partial charge on any atom is -0.494 e. The normalized spacial score (nSPS) is 14.2. The van der Waals surface area contributed by atoms with E-state index in [2.05, 4.69) is 11.4 Å². The second-order valence-corrected chi connectivity index (χ2v) is 6.12. The lowest BCUT2D eigenvalue weighted by molar-refractivity contribution is 0.335. The monoisotopic (exact) mass is 269 g/mol. The van der Waals surface area contributed by atoms with E-state index in [0.29, 0.717) is 6.61 Å². The summed E-state index contributed by atoms with van der Waals surface area (Å²) in [5.74, 6) is 0.944. The summed E-state index contributed by atoms with van der Waals surface area (Å²) in [6, 6.07) is 8.06. The van der Waals surface area contributed by atoms with Crippen LogP contribution in [-0.4, -0.2) is 28.9 Å². The van der Waals surface area contributed by atoms with E-state index < -0.39 is 10.8 Å². The van der Waals surface area contributed by atoms with Gasteiger partial charge in [-0.15, -0.1) is 0 Å². The van der Waals surface area contributed by atoms with E-state index in [1.54, 1.807) is 6.26 Å². The van der Waals surface area contributed by atoms with Crippen molar-refractivity contribution in [3.63, 3.8) is 0 Å². The van der Waals surface area contributed by atoms with Gasteiger partial charge < -0.3 is 10.1 Å². The van der Waals surface area contributed by atoms with Crippen molar-refractivity contribution < 1.29 is 8.95 Å². The Morgan fingerprint density at radius 2 is 2.11 bits per heavy atom. The van der Waals surface area contributed by atoms with Gasteiger partial charge in [0.15, 0.2) is 0 Å². The summed E-state index contributed by atoms with van der Waals surface area (Å²) < 4.78 is 16.8. The first-order chi connectivity index (χ1) is 8.65. The van der Waals surface area contributed by atoms with Gasteiger partial charge in [0.25, 0.3) is 0 Å². The van der Waals surface area contributed by atoms with Gasteiger partial charge in [0.2, 0.25) is 0 Å². The highest BCUT2D eigenvalue weighted by molar-refractivity contribution is 7.84. The zero-order chi connectivity index (χ0) is 13.4. The van der Waals surface area contributed by atoms with Crippen molar-refractivity contribution in [1.82, 2.24) is 5.32 Å². The molecule has 0 aliphatic rings. The summed E-state index contributed by atoms with van der Waals surface area (Å²) in [5.41, 5.74) is 1.17. The van der Waals surface area contributed by atoms with E-state index in [4.69, 9.17) is 4.74 Å². The molecule has 0 radical (unpaired) electrons. The molecule has 1 aromatic carbocycles. The lowest BCUT2D eigenvalue weighted by Gasteiger charge is -2.12. The Morgan fingerprint density at radius 3 is 2.78 bits per heavy atom. The minimum atomic E-state index is -0.730. The van der Waals surface area contributed by atoms with E-state index in [-0.39, 0.29) is 5.25 Å². The van der Waals surface area contributed by atoms with Crippen molar-refractivity contribution in [2.24, 2.45) is 0 Å². The molecule has 0 aliphatic carbocycles. The summed E-state index contributed by atoms with van der Waals surface area (Å²) in [6.45, 7) is 6.36. The lowest BCUT2D eigenvalue weighted by Crippen LogP contribution is -2.21. The van der Waals surface area contributed by atoms with Crippen LogP contribution in [0.2, 0.25) is 0 Å². The fourth-order valence-corrected chi connectivity index (χ4v) is 2.09. The maximum absolute atomic E-state index is 11.2. The molecule has 4 heteroatoms. The molecule has 0 saturated carbocycles. The number of hydrogen-bond donors (Lipinski definition) is 1. The molecule has 0 amide bonds. The summed E-state index contributed by atoms with van der Waals surface area (Å²) >= 11 is 0. The Balaban J connectivity index is 2.37. The molecule has 2 atom stereocenters. The van der Waals surface area contributed by atoms with E-state index in [9.17, 15) is 4.21 Å². The van der Waals surface area contributed by atoms with Gasteiger partial charge in [0, 0.05) is 34.4 Å². The third-order valence-corrected chi connectivity index (χ3v) is 4.25. The Labute approximate surface area is 112 Å². The number of para-hydroxylation sites is 1. The molecule has 0 aromatic heterocycles. The molecule has 2 unspecified atom stereocenters. The third kappa shape index (κ3) is 5.19. The molecule has 3 nitrogen and oxygen atoms in total. The minimum absolute atomic E-state index is 0.250. The quantitative estimate of drug-likeness (QED) is 0.736. The second-order valence-electron chi connectivity index (χ2n) is 4.32. The van der Waals surface area contributed by atoms with Gasteiger partial charge in [-0.3, -0.25) is 4.21 Å². The van der Waals surface area contributed by atoms with Gasteiger partial charge in [-0.1, -0.05) is 25.1 Å². The highest BCUT2D eigenvalue weighted by Gasteiger charge is 2.06. The van der Waals surface area contributed by atoms with Gasteiger partial charge in [0.1, 0.15) is 5.75 Å². The number of hydrogen-bond acceptors (Lipinski definition) is 3. The smallest absolute Gasteiger partial charge is 0.123 e. The summed E-state index contributed by atoms with van der Waals surface area (Å²) in [4.78, 5) is 0. The first-order valence-corrected chi connectivity index (χ1v) is 8.01. The van der Waals surface area contributed by atoms with Crippen LogP contribution in [0.3, 0.4) is 0 Å². The van der Waals surface area contributed by atoms with E-state index in [1.165, 1.54) is 5.56 Å². The Hall–Kier alpha value is -0.870. The lowest BCUT2D eigenvalue weighted by atomic mass is 10.2. The fraction of sp³-hybridized carbons (Fsp3) is 0.571. The molecule has 0 aliphatic heterocycles. The number of rotatable bonds is 8. The van der Waals surface area contributed by atoms with Crippen LogP contribution in [0.5, 0.6) is 5.75 Å². The molecule has 0 fully saturated rings.